The van der Waals surface area contributed by atoms with Crippen molar-refractivity contribution in [1.82, 2.24) is 9.80 Å². The molecule has 4 rings (SSSR count). The highest BCUT2D eigenvalue weighted by atomic mass is 19.1. The number of carboxylic acid groups (broad SMARTS) is 4. The number of alkyl halides is 1. The molecule has 1 heterocycles. The van der Waals surface area contributed by atoms with Crippen molar-refractivity contribution < 1.29 is 57.5 Å². The Labute approximate surface area is 287 Å². The smallest absolute Gasteiger partial charge is 0.328 e. The summed E-state index contributed by atoms with van der Waals surface area (Å²) in [5, 5.41) is 31.2. The van der Waals surface area contributed by atoms with E-state index in [-0.39, 0.29) is 11.6 Å². The molecule has 1 saturated heterocycles. The van der Waals surface area contributed by atoms with Crippen LogP contribution in [0.1, 0.15) is 22.8 Å². The fourth-order valence-corrected chi connectivity index (χ4v) is 4.65. The van der Waals surface area contributed by atoms with Crippen molar-refractivity contribution in [3.8, 4) is 0 Å². The summed E-state index contributed by atoms with van der Waals surface area (Å²) in [6.07, 6.45) is 1.41. The minimum absolute atomic E-state index is 0.307. The van der Waals surface area contributed by atoms with Crippen molar-refractivity contribution in [3.05, 3.63) is 131 Å². The molecule has 4 N–H and O–H groups in total. The van der Waals surface area contributed by atoms with Crippen LogP contribution in [-0.2, 0) is 30.3 Å². The van der Waals surface area contributed by atoms with Gasteiger partial charge in [-0.05, 0) is 41.0 Å². The molecule has 0 spiro atoms. The molecule has 1 fully saturated rings. The van der Waals surface area contributed by atoms with Gasteiger partial charge in [-0.15, -0.1) is 0 Å². The van der Waals surface area contributed by atoms with Gasteiger partial charge in [-0.25, -0.2) is 32.3 Å². The maximum absolute atomic E-state index is 14.5. The zero-order valence-corrected chi connectivity index (χ0v) is 27.0. The maximum atomic E-state index is 14.5. The van der Waals surface area contributed by atoms with Crippen LogP contribution in [0, 0.1) is 11.6 Å². The van der Waals surface area contributed by atoms with Gasteiger partial charge < -0.3 is 25.2 Å². The molecular formula is C36H39F3N2O9. The number of carbonyl (C=O) groups is 4. The molecule has 1 atom stereocenters. The second-order valence-electron chi connectivity index (χ2n) is 10.8. The number of hydrogen-bond acceptors (Lipinski definition) is 7. The van der Waals surface area contributed by atoms with Gasteiger partial charge in [-0.3, -0.25) is 9.80 Å². The van der Waals surface area contributed by atoms with E-state index < -0.39 is 36.2 Å². The average molecular weight is 701 g/mol. The molecule has 1 aliphatic heterocycles. The van der Waals surface area contributed by atoms with E-state index in [0.29, 0.717) is 43.9 Å². The summed E-state index contributed by atoms with van der Waals surface area (Å²) < 4.78 is 47.5. The summed E-state index contributed by atoms with van der Waals surface area (Å²) in [4.78, 5) is 42.7. The third-order valence-corrected chi connectivity index (χ3v) is 7.00. The number of carboxylic acids is 4. The molecule has 3 aromatic rings. The molecule has 0 bridgehead atoms. The summed E-state index contributed by atoms with van der Waals surface area (Å²) in [5.74, 6) is -5.64. The zero-order chi connectivity index (χ0) is 36.9. The quantitative estimate of drug-likeness (QED) is 0.173. The lowest BCUT2D eigenvalue weighted by atomic mass is 10.0. The SMILES string of the molecule is Fc1ccc(C(OCCN2CCN(C[C@@H](F)Cc3ccccc3)CC2)c2ccc(F)cc2)cc1.O=C(O)/C=C\C(=O)O.O=C(O)/C=C\C(=O)O. The van der Waals surface area contributed by atoms with Crippen molar-refractivity contribution >= 4 is 23.9 Å². The Morgan fingerprint density at radius 1 is 0.640 bits per heavy atom. The first-order valence-corrected chi connectivity index (χ1v) is 15.4. The maximum Gasteiger partial charge on any atom is 0.328 e. The molecule has 0 aromatic heterocycles. The molecule has 0 saturated carbocycles. The van der Waals surface area contributed by atoms with Crippen molar-refractivity contribution in [3.63, 3.8) is 0 Å². The summed E-state index contributed by atoms with van der Waals surface area (Å²) in [6.45, 7) is 5.06. The Bertz CT molecular complexity index is 1430. The van der Waals surface area contributed by atoms with E-state index in [1.54, 1.807) is 24.3 Å². The van der Waals surface area contributed by atoms with Crippen LogP contribution >= 0.6 is 0 Å². The van der Waals surface area contributed by atoms with Crippen LogP contribution in [0.5, 0.6) is 0 Å². The summed E-state index contributed by atoms with van der Waals surface area (Å²) >= 11 is 0. The predicted octanol–water partition coefficient (Wildman–Crippen LogP) is 4.69. The molecule has 0 unspecified atom stereocenters. The molecule has 50 heavy (non-hydrogen) atoms. The fraction of sp³-hybridized carbons (Fsp3) is 0.278. The van der Waals surface area contributed by atoms with Crippen LogP contribution in [0.2, 0.25) is 0 Å². The van der Waals surface area contributed by atoms with Gasteiger partial charge in [-0.1, -0.05) is 54.6 Å². The first kappa shape index (κ1) is 40.9. The molecule has 1 aliphatic rings. The number of hydrogen-bond donors (Lipinski definition) is 4. The number of halogens is 3. The number of benzene rings is 3. The van der Waals surface area contributed by atoms with Crippen LogP contribution < -0.4 is 0 Å². The second kappa shape index (κ2) is 22.3. The standard InChI is InChI=1S/C28H31F3N2O.2C4H4O4/c29-25-10-6-23(7-11-25)28(24-8-12-26(30)13-9-24)34-19-18-32-14-16-33(17-15-32)21-27(31)20-22-4-2-1-3-5-22;2*5-3(6)1-2-4(7)8/h1-13,27-28H,14-21H2;2*1-2H,(H,5,6)(H,7,8)/b;2*2-1-/t27-;;/m0../s1. The molecule has 11 nitrogen and oxygen atoms in total. The molecule has 0 amide bonds. The van der Waals surface area contributed by atoms with E-state index in [4.69, 9.17) is 25.2 Å². The number of rotatable bonds is 14. The minimum Gasteiger partial charge on any atom is -0.478 e. The Kier molecular flexibility index (Phi) is 18.3. The van der Waals surface area contributed by atoms with E-state index in [0.717, 1.165) is 49.4 Å². The van der Waals surface area contributed by atoms with E-state index in [9.17, 15) is 32.3 Å². The Hall–Kier alpha value is -5.31. The highest BCUT2D eigenvalue weighted by Crippen LogP contribution is 2.26. The number of nitrogens with zero attached hydrogens (tertiary/aromatic N) is 2. The van der Waals surface area contributed by atoms with Gasteiger partial charge in [0.05, 0.1) is 6.61 Å². The van der Waals surface area contributed by atoms with Gasteiger partial charge in [0.25, 0.3) is 0 Å². The van der Waals surface area contributed by atoms with Crippen LogP contribution in [0.15, 0.2) is 103 Å². The lowest BCUT2D eigenvalue weighted by Crippen LogP contribution is -2.49. The molecule has 14 heteroatoms. The highest BCUT2D eigenvalue weighted by molar-refractivity contribution is 5.90. The van der Waals surface area contributed by atoms with Gasteiger partial charge in [0.2, 0.25) is 0 Å². The number of aliphatic carboxylic acids is 4. The van der Waals surface area contributed by atoms with Crippen LogP contribution in [-0.4, -0.2) is 106 Å². The van der Waals surface area contributed by atoms with Crippen LogP contribution in [0.3, 0.4) is 0 Å². The number of ether oxygens (including phenoxy) is 1. The minimum atomic E-state index is -1.26. The van der Waals surface area contributed by atoms with E-state index in [1.165, 1.54) is 24.3 Å². The van der Waals surface area contributed by atoms with Gasteiger partial charge in [0, 0.05) is 70.0 Å². The van der Waals surface area contributed by atoms with Crippen LogP contribution in [0.25, 0.3) is 0 Å². The van der Waals surface area contributed by atoms with Crippen molar-refractivity contribution in [1.29, 1.82) is 0 Å². The Morgan fingerprint density at radius 3 is 1.44 bits per heavy atom. The normalized spacial score (nSPS) is 14.0. The molecule has 0 radical (unpaired) electrons. The first-order valence-electron chi connectivity index (χ1n) is 15.4. The Balaban J connectivity index is 0.000000450. The van der Waals surface area contributed by atoms with Gasteiger partial charge >= 0.3 is 23.9 Å². The fourth-order valence-electron chi connectivity index (χ4n) is 4.65. The van der Waals surface area contributed by atoms with E-state index in [1.807, 2.05) is 30.3 Å². The van der Waals surface area contributed by atoms with Crippen molar-refractivity contribution in [2.75, 3.05) is 45.9 Å². The van der Waals surface area contributed by atoms with Gasteiger partial charge in [0.1, 0.15) is 23.9 Å². The van der Waals surface area contributed by atoms with E-state index in [2.05, 4.69) is 9.80 Å². The van der Waals surface area contributed by atoms with E-state index >= 15 is 0 Å². The lowest BCUT2D eigenvalue weighted by molar-refractivity contribution is -0.134. The molecule has 0 aliphatic carbocycles. The Morgan fingerprint density at radius 2 is 1.04 bits per heavy atom. The van der Waals surface area contributed by atoms with Gasteiger partial charge in [0.15, 0.2) is 0 Å². The lowest BCUT2D eigenvalue weighted by Gasteiger charge is -2.35. The molecule has 268 valence electrons. The first-order chi connectivity index (χ1) is 23.8. The molecular weight excluding hydrogens is 661 g/mol. The largest absolute Gasteiger partial charge is 0.478 e. The van der Waals surface area contributed by atoms with Crippen molar-refractivity contribution in [2.45, 2.75) is 18.7 Å². The average Bonchev–Trinajstić information content (AvgIpc) is 3.08. The topological polar surface area (TPSA) is 165 Å². The third kappa shape index (κ3) is 17.7. The van der Waals surface area contributed by atoms with Crippen molar-refractivity contribution in [2.24, 2.45) is 0 Å². The summed E-state index contributed by atoms with van der Waals surface area (Å²) in [6, 6.07) is 22.2. The zero-order valence-electron chi connectivity index (χ0n) is 27.0. The summed E-state index contributed by atoms with van der Waals surface area (Å²) in [7, 11) is 0. The molecule has 3 aromatic carbocycles. The summed E-state index contributed by atoms with van der Waals surface area (Å²) in [5.41, 5.74) is 2.68. The van der Waals surface area contributed by atoms with Gasteiger partial charge in [-0.2, -0.15) is 0 Å². The highest BCUT2D eigenvalue weighted by Gasteiger charge is 2.21. The second-order valence-corrected chi connectivity index (χ2v) is 10.8. The monoisotopic (exact) mass is 700 g/mol. The predicted molar refractivity (Wildman–Crippen MR) is 177 cm³/mol. The number of piperazine rings is 1. The third-order valence-electron chi connectivity index (χ3n) is 7.00. The van der Waals surface area contributed by atoms with Crippen LogP contribution in [0.4, 0.5) is 13.2 Å².